The van der Waals surface area contributed by atoms with E-state index in [0.29, 0.717) is 12.1 Å². The summed E-state index contributed by atoms with van der Waals surface area (Å²) in [5.41, 5.74) is 4.84. The van der Waals surface area contributed by atoms with Crippen molar-refractivity contribution in [1.82, 2.24) is 18.7 Å². The van der Waals surface area contributed by atoms with E-state index in [2.05, 4.69) is 15.5 Å². The molecule has 168 valence electrons. The van der Waals surface area contributed by atoms with Gasteiger partial charge in [0, 0.05) is 31.8 Å². The lowest BCUT2D eigenvalue weighted by Crippen LogP contribution is -2.37. The lowest BCUT2D eigenvalue weighted by atomic mass is 10.1. The summed E-state index contributed by atoms with van der Waals surface area (Å²) in [6.45, 7) is 2.30. The van der Waals surface area contributed by atoms with Crippen LogP contribution in [0.1, 0.15) is 16.7 Å². The van der Waals surface area contributed by atoms with E-state index in [4.69, 9.17) is 0 Å². The van der Waals surface area contributed by atoms with Crippen molar-refractivity contribution in [3.63, 3.8) is 0 Å². The van der Waals surface area contributed by atoms with Crippen LogP contribution in [0.4, 0.5) is 11.6 Å². The van der Waals surface area contributed by atoms with Crippen LogP contribution in [-0.4, -0.2) is 29.8 Å². The molecule has 1 N–H and O–H groups in total. The first-order valence-corrected chi connectivity index (χ1v) is 10.0. The minimum absolute atomic E-state index is 0.0518. The molecule has 0 amide bonds. The maximum atomic E-state index is 12.9. The molecule has 11 nitrogen and oxygen atoms in total. The third kappa shape index (κ3) is 4.15. The van der Waals surface area contributed by atoms with Crippen molar-refractivity contribution in [3.8, 4) is 0 Å². The molecule has 2 aromatic carbocycles. The number of rotatable bonds is 6. The summed E-state index contributed by atoms with van der Waals surface area (Å²) in [5.74, 6) is 0.255. The van der Waals surface area contributed by atoms with Crippen molar-refractivity contribution in [2.24, 2.45) is 19.2 Å². The first-order valence-electron chi connectivity index (χ1n) is 10.0. The zero-order valence-electron chi connectivity index (χ0n) is 18.2. The van der Waals surface area contributed by atoms with Crippen molar-refractivity contribution in [2.75, 3.05) is 5.43 Å². The van der Waals surface area contributed by atoms with Crippen molar-refractivity contribution in [1.29, 1.82) is 0 Å². The Balaban J connectivity index is 1.79. The average Bonchev–Trinajstić information content (AvgIpc) is 3.16. The van der Waals surface area contributed by atoms with Gasteiger partial charge in [0.15, 0.2) is 11.2 Å². The maximum absolute atomic E-state index is 12.9. The Morgan fingerprint density at radius 2 is 1.85 bits per heavy atom. The number of nitrogens with one attached hydrogen (secondary N) is 1. The molecule has 33 heavy (non-hydrogen) atoms. The summed E-state index contributed by atoms with van der Waals surface area (Å²) < 4.78 is 4.00. The van der Waals surface area contributed by atoms with Crippen LogP contribution in [0.5, 0.6) is 0 Å². The molecular formula is C22H21N7O4. The highest BCUT2D eigenvalue weighted by atomic mass is 16.6. The number of anilines is 1. The topological polar surface area (TPSA) is 129 Å². The third-order valence-corrected chi connectivity index (χ3v) is 5.27. The molecule has 4 rings (SSSR count). The van der Waals surface area contributed by atoms with Crippen molar-refractivity contribution in [3.05, 3.63) is 96.2 Å². The van der Waals surface area contributed by atoms with E-state index in [1.165, 1.54) is 30.0 Å². The molecule has 0 fully saturated rings. The van der Waals surface area contributed by atoms with E-state index < -0.39 is 16.2 Å². The SMILES string of the molecule is Cc1ccc(Cn2c(N/N=C\c3cccc([N+](=O)[O-])c3)nc3c2c(=O)n(C)c(=O)n3C)cc1. The second kappa shape index (κ2) is 8.54. The predicted octanol–water partition coefficient (Wildman–Crippen LogP) is 2.14. The number of fused-ring (bicyclic) bond motifs is 1. The van der Waals surface area contributed by atoms with Gasteiger partial charge in [0.2, 0.25) is 5.95 Å². The molecule has 0 atom stereocenters. The lowest BCUT2D eigenvalue weighted by molar-refractivity contribution is -0.384. The van der Waals surface area contributed by atoms with Gasteiger partial charge in [0.1, 0.15) is 0 Å². The van der Waals surface area contributed by atoms with Gasteiger partial charge in [-0.15, -0.1) is 0 Å². The number of aromatic nitrogens is 4. The number of hydrogen-bond donors (Lipinski definition) is 1. The highest BCUT2D eigenvalue weighted by Crippen LogP contribution is 2.18. The molecule has 0 aliphatic heterocycles. The van der Waals surface area contributed by atoms with Crippen LogP contribution in [0.15, 0.2) is 63.2 Å². The number of nitro benzene ring substituents is 1. The zero-order chi connectivity index (χ0) is 23.7. The largest absolute Gasteiger partial charge is 0.332 e. The highest BCUT2D eigenvalue weighted by molar-refractivity contribution is 5.81. The Morgan fingerprint density at radius 1 is 1.12 bits per heavy atom. The fourth-order valence-corrected chi connectivity index (χ4v) is 3.45. The number of imidazole rings is 1. The number of nitrogens with zero attached hydrogens (tertiary/aromatic N) is 6. The molecule has 0 bridgehead atoms. The van der Waals surface area contributed by atoms with E-state index in [-0.39, 0.29) is 22.8 Å². The minimum atomic E-state index is -0.487. The van der Waals surface area contributed by atoms with E-state index in [1.807, 2.05) is 31.2 Å². The van der Waals surface area contributed by atoms with Crippen molar-refractivity contribution in [2.45, 2.75) is 13.5 Å². The van der Waals surface area contributed by atoms with Gasteiger partial charge >= 0.3 is 5.69 Å². The summed E-state index contributed by atoms with van der Waals surface area (Å²) in [5, 5.41) is 15.1. The molecule has 2 aromatic heterocycles. The first kappa shape index (κ1) is 21.7. The predicted molar refractivity (Wildman–Crippen MR) is 125 cm³/mol. The molecule has 11 heteroatoms. The van der Waals surface area contributed by atoms with Gasteiger partial charge in [-0.05, 0) is 12.5 Å². The normalized spacial score (nSPS) is 11.4. The maximum Gasteiger partial charge on any atom is 0.332 e. The lowest BCUT2D eigenvalue weighted by Gasteiger charge is -2.09. The highest BCUT2D eigenvalue weighted by Gasteiger charge is 2.19. The van der Waals surface area contributed by atoms with Gasteiger partial charge in [-0.2, -0.15) is 10.1 Å². The molecule has 2 heterocycles. The summed E-state index contributed by atoms with van der Waals surface area (Å²) in [7, 11) is 2.96. The molecule has 0 saturated carbocycles. The van der Waals surface area contributed by atoms with Gasteiger partial charge in [-0.1, -0.05) is 42.0 Å². The number of hydrogen-bond acceptors (Lipinski definition) is 7. The van der Waals surface area contributed by atoms with Crippen LogP contribution in [0.25, 0.3) is 11.2 Å². The van der Waals surface area contributed by atoms with Crippen LogP contribution in [0, 0.1) is 17.0 Å². The molecular weight excluding hydrogens is 426 g/mol. The van der Waals surface area contributed by atoms with Crippen LogP contribution < -0.4 is 16.7 Å². The Morgan fingerprint density at radius 3 is 2.55 bits per heavy atom. The van der Waals surface area contributed by atoms with Crippen LogP contribution in [0.2, 0.25) is 0 Å². The van der Waals surface area contributed by atoms with E-state index in [9.17, 15) is 19.7 Å². The molecule has 0 radical (unpaired) electrons. The monoisotopic (exact) mass is 447 g/mol. The zero-order valence-corrected chi connectivity index (χ0v) is 18.2. The van der Waals surface area contributed by atoms with Gasteiger partial charge in [-0.3, -0.25) is 28.6 Å². The van der Waals surface area contributed by atoms with Crippen LogP contribution >= 0.6 is 0 Å². The van der Waals surface area contributed by atoms with E-state index in [0.717, 1.165) is 15.7 Å². The van der Waals surface area contributed by atoms with E-state index >= 15 is 0 Å². The summed E-state index contributed by atoms with van der Waals surface area (Å²) in [4.78, 5) is 40.3. The Labute approximate surface area is 187 Å². The molecule has 0 unspecified atom stereocenters. The Hall–Kier alpha value is -4.54. The molecule has 0 aliphatic rings. The first-order chi connectivity index (χ1) is 15.8. The molecule has 0 aliphatic carbocycles. The summed E-state index contributed by atoms with van der Waals surface area (Å²) >= 11 is 0. The smallest absolute Gasteiger partial charge is 0.298 e. The van der Waals surface area contributed by atoms with Crippen LogP contribution in [0.3, 0.4) is 0 Å². The second-order valence-electron chi connectivity index (χ2n) is 7.61. The van der Waals surface area contributed by atoms with Gasteiger partial charge in [-0.25, -0.2) is 10.2 Å². The number of aryl methyl sites for hydroxylation is 2. The average molecular weight is 447 g/mol. The van der Waals surface area contributed by atoms with Crippen molar-refractivity contribution >= 4 is 29.0 Å². The summed E-state index contributed by atoms with van der Waals surface area (Å²) in [6.07, 6.45) is 1.42. The van der Waals surface area contributed by atoms with Crippen molar-refractivity contribution < 1.29 is 4.92 Å². The minimum Gasteiger partial charge on any atom is -0.298 e. The molecule has 0 saturated heterocycles. The number of nitro groups is 1. The number of hydrazone groups is 1. The number of non-ortho nitro benzene ring substituents is 1. The second-order valence-corrected chi connectivity index (χ2v) is 7.61. The van der Waals surface area contributed by atoms with E-state index in [1.54, 1.807) is 23.7 Å². The van der Waals surface area contributed by atoms with Crippen LogP contribution in [-0.2, 0) is 20.6 Å². The fourth-order valence-electron chi connectivity index (χ4n) is 3.45. The Kier molecular flexibility index (Phi) is 5.61. The fraction of sp³-hybridized carbons (Fsp3) is 0.182. The molecule has 0 spiro atoms. The quantitative estimate of drug-likeness (QED) is 0.274. The Bertz CT molecular complexity index is 1510. The van der Waals surface area contributed by atoms with Gasteiger partial charge in [0.25, 0.3) is 11.2 Å². The van der Waals surface area contributed by atoms with Gasteiger partial charge in [0.05, 0.1) is 17.7 Å². The molecule has 4 aromatic rings. The summed E-state index contributed by atoms with van der Waals surface area (Å²) in [6, 6.07) is 13.8. The van der Waals surface area contributed by atoms with Gasteiger partial charge < -0.3 is 0 Å². The number of benzene rings is 2. The third-order valence-electron chi connectivity index (χ3n) is 5.27. The standard InChI is InChI=1S/C22H21N7O4/c1-14-7-9-15(10-8-14)13-28-18-19(26(2)22(31)27(3)20(18)30)24-21(28)25-23-12-16-5-4-6-17(11-16)29(32)33/h4-12H,13H2,1-3H3,(H,24,25)/b23-12-.